The third-order valence-corrected chi connectivity index (χ3v) is 6.39. The van der Waals surface area contributed by atoms with E-state index in [1.165, 1.54) is 23.6 Å². The van der Waals surface area contributed by atoms with Gasteiger partial charge in [0.1, 0.15) is 9.84 Å². The minimum atomic E-state index is -3.00. The van der Waals surface area contributed by atoms with E-state index in [1.54, 1.807) is 0 Å². The van der Waals surface area contributed by atoms with Gasteiger partial charge in [-0.3, -0.25) is 4.90 Å². The fourth-order valence-corrected chi connectivity index (χ4v) is 4.53. The van der Waals surface area contributed by atoms with Crippen LogP contribution in [0.2, 0.25) is 0 Å². The molecule has 8 heteroatoms. The van der Waals surface area contributed by atoms with Crippen LogP contribution in [0, 0.1) is 11.6 Å². The van der Waals surface area contributed by atoms with Gasteiger partial charge in [-0.2, -0.15) is 0 Å². The van der Waals surface area contributed by atoms with Crippen LogP contribution in [-0.4, -0.2) is 43.0 Å². The maximum Gasteiger partial charge on any atom is 0.160 e. The molecule has 0 aliphatic carbocycles. The van der Waals surface area contributed by atoms with E-state index in [-0.39, 0.29) is 5.75 Å². The first kappa shape index (κ1) is 19.8. The van der Waals surface area contributed by atoms with Crippen LogP contribution in [0.4, 0.5) is 20.2 Å². The number of hydrogen-bond donors (Lipinski definition) is 1. The Morgan fingerprint density at radius 3 is 2.52 bits per heavy atom. The largest absolute Gasteiger partial charge is 0.355 e. The van der Waals surface area contributed by atoms with Crippen LogP contribution in [0.5, 0.6) is 0 Å². The Bertz CT molecular complexity index is 1190. The van der Waals surface area contributed by atoms with E-state index in [4.69, 9.17) is 0 Å². The second-order valence-electron chi connectivity index (χ2n) is 7.63. The first-order chi connectivity index (χ1) is 13.7. The Labute approximate surface area is 168 Å². The second-order valence-corrected chi connectivity index (χ2v) is 9.89. The lowest BCUT2D eigenvalue weighted by Gasteiger charge is -2.27. The molecule has 1 aliphatic rings. The molecule has 0 bridgehead atoms. The fourth-order valence-electron chi connectivity index (χ4n) is 3.94. The Hall–Kier alpha value is -2.45. The molecule has 2 aromatic carbocycles. The lowest BCUT2D eigenvalue weighted by Crippen LogP contribution is -2.34. The SMILES string of the molecule is Cn1c2c(c3cc(Nc4ccc(F)c(F)c4)ccc31)CN(CCS(C)(=O)=O)CC2. The second kappa shape index (κ2) is 7.42. The third kappa shape index (κ3) is 4.13. The van der Waals surface area contributed by atoms with Gasteiger partial charge in [0.2, 0.25) is 0 Å². The summed E-state index contributed by atoms with van der Waals surface area (Å²) in [6, 6.07) is 9.66. The van der Waals surface area contributed by atoms with Crippen LogP contribution in [0.1, 0.15) is 11.3 Å². The van der Waals surface area contributed by atoms with Gasteiger partial charge in [0.25, 0.3) is 0 Å². The maximum absolute atomic E-state index is 13.5. The van der Waals surface area contributed by atoms with Crippen LogP contribution in [0.3, 0.4) is 0 Å². The van der Waals surface area contributed by atoms with E-state index in [2.05, 4.69) is 14.8 Å². The molecule has 0 atom stereocenters. The lowest BCUT2D eigenvalue weighted by molar-refractivity contribution is 0.267. The normalized spacial score (nSPS) is 14.9. The van der Waals surface area contributed by atoms with Crippen LogP contribution in [0.25, 0.3) is 10.9 Å². The van der Waals surface area contributed by atoms with Gasteiger partial charge >= 0.3 is 0 Å². The summed E-state index contributed by atoms with van der Waals surface area (Å²) < 4.78 is 51.9. The molecule has 1 N–H and O–H groups in total. The van der Waals surface area contributed by atoms with Crippen molar-refractivity contribution in [3.63, 3.8) is 0 Å². The number of aromatic nitrogens is 1. The van der Waals surface area contributed by atoms with Crippen molar-refractivity contribution in [2.75, 3.05) is 30.4 Å². The minimum Gasteiger partial charge on any atom is -0.355 e. The number of rotatable bonds is 5. The molecule has 0 amide bonds. The molecule has 0 unspecified atom stereocenters. The van der Waals surface area contributed by atoms with E-state index >= 15 is 0 Å². The summed E-state index contributed by atoms with van der Waals surface area (Å²) in [5.74, 6) is -1.62. The summed E-state index contributed by atoms with van der Waals surface area (Å²) in [6.07, 6.45) is 2.12. The van der Waals surface area contributed by atoms with Crippen LogP contribution >= 0.6 is 0 Å². The quantitative estimate of drug-likeness (QED) is 0.687. The predicted molar refractivity (Wildman–Crippen MR) is 111 cm³/mol. The van der Waals surface area contributed by atoms with Crippen LogP contribution < -0.4 is 5.32 Å². The highest BCUT2D eigenvalue weighted by Crippen LogP contribution is 2.33. The van der Waals surface area contributed by atoms with E-state index in [1.807, 2.05) is 25.2 Å². The first-order valence-corrected chi connectivity index (χ1v) is 11.5. The maximum atomic E-state index is 13.5. The van der Waals surface area contributed by atoms with Gasteiger partial charge in [0.15, 0.2) is 11.6 Å². The van der Waals surface area contributed by atoms with Crippen molar-refractivity contribution in [2.24, 2.45) is 7.05 Å². The van der Waals surface area contributed by atoms with E-state index in [0.717, 1.165) is 41.7 Å². The fraction of sp³-hybridized carbons (Fsp3) is 0.333. The average molecular weight is 419 g/mol. The van der Waals surface area contributed by atoms with Crippen molar-refractivity contribution < 1.29 is 17.2 Å². The van der Waals surface area contributed by atoms with Crippen molar-refractivity contribution in [2.45, 2.75) is 13.0 Å². The zero-order valence-corrected chi connectivity index (χ0v) is 17.2. The monoisotopic (exact) mass is 419 g/mol. The molecular weight excluding hydrogens is 396 g/mol. The Morgan fingerprint density at radius 1 is 1.07 bits per heavy atom. The standard InChI is InChI=1S/C21H23F2N3O2S/c1-25-20-6-4-14(24-15-3-5-18(22)19(23)12-15)11-16(20)17-13-26(8-7-21(17)25)9-10-29(2,27)28/h3-6,11-12,24H,7-10,13H2,1-2H3. The van der Waals surface area contributed by atoms with Gasteiger partial charge in [0, 0.05) is 73.4 Å². The van der Waals surface area contributed by atoms with Crippen LogP contribution in [0.15, 0.2) is 36.4 Å². The molecule has 1 aromatic heterocycles. The van der Waals surface area contributed by atoms with Gasteiger partial charge < -0.3 is 9.88 Å². The number of halogens is 2. The minimum absolute atomic E-state index is 0.149. The van der Waals surface area contributed by atoms with E-state index in [9.17, 15) is 17.2 Å². The molecule has 0 radical (unpaired) electrons. The Kier molecular flexibility index (Phi) is 5.08. The molecule has 0 saturated heterocycles. The summed E-state index contributed by atoms with van der Waals surface area (Å²) in [6.45, 7) is 2.03. The molecule has 0 fully saturated rings. The number of nitrogens with one attached hydrogen (secondary N) is 1. The number of aryl methyl sites for hydroxylation is 1. The molecule has 5 nitrogen and oxygen atoms in total. The molecule has 0 spiro atoms. The van der Waals surface area contributed by atoms with E-state index < -0.39 is 21.5 Å². The zero-order valence-electron chi connectivity index (χ0n) is 16.4. The van der Waals surface area contributed by atoms with Crippen molar-refractivity contribution in [3.8, 4) is 0 Å². The molecule has 4 rings (SSSR count). The lowest BCUT2D eigenvalue weighted by atomic mass is 10.0. The summed E-state index contributed by atoms with van der Waals surface area (Å²) in [4.78, 5) is 2.16. The van der Waals surface area contributed by atoms with Crippen molar-refractivity contribution >= 4 is 32.1 Å². The molecule has 2 heterocycles. The third-order valence-electron chi connectivity index (χ3n) is 5.47. The number of nitrogens with zero attached hydrogens (tertiary/aromatic N) is 2. The van der Waals surface area contributed by atoms with Crippen molar-refractivity contribution in [1.29, 1.82) is 0 Å². The molecular formula is C21H23F2N3O2S. The van der Waals surface area contributed by atoms with Crippen molar-refractivity contribution in [3.05, 3.63) is 59.3 Å². The summed E-state index contributed by atoms with van der Waals surface area (Å²) >= 11 is 0. The van der Waals surface area contributed by atoms with E-state index in [0.29, 0.717) is 18.8 Å². The first-order valence-electron chi connectivity index (χ1n) is 9.43. The number of fused-ring (bicyclic) bond motifs is 3. The summed E-state index contributed by atoms with van der Waals surface area (Å²) in [5.41, 5.74) is 4.79. The summed E-state index contributed by atoms with van der Waals surface area (Å²) in [5, 5.41) is 4.21. The molecule has 3 aromatic rings. The van der Waals surface area contributed by atoms with Gasteiger partial charge in [-0.1, -0.05) is 0 Å². The highest BCUT2D eigenvalue weighted by atomic mass is 32.2. The smallest absolute Gasteiger partial charge is 0.160 e. The topological polar surface area (TPSA) is 54.3 Å². The molecule has 1 aliphatic heterocycles. The van der Waals surface area contributed by atoms with Gasteiger partial charge in [-0.15, -0.1) is 0 Å². The number of sulfone groups is 1. The predicted octanol–water partition coefficient (Wildman–Crippen LogP) is 3.60. The highest BCUT2D eigenvalue weighted by molar-refractivity contribution is 7.90. The molecule has 29 heavy (non-hydrogen) atoms. The van der Waals surface area contributed by atoms with Gasteiger partial charge in [-0.05, 0) is 35.9 Å². The summed E-state index contributed by atoms with van der Waals surface area (Å²) in [7, 11) is -0.963. The van der Waals surface area contributed by atoms with Gasteiger partial charge in [0.05, 0.1) is 5.75 Å². The zero-order chi connectivity index (χ0) is 20.8. The highest BCUT2D eigenvalue weighted by Gasteiger charge is 2.23. The number of benzene rings is 2. The molecule has 0 saturated carbocycles. The van der Waals surface area contributed by atoms with Gasteiger partial charge in [-0.25, -0.2) is 17.2 Å². The number of anilines is 2. The average Bonchev–Trinajstić information content (AvgIpc) is 2.94. The molecule has 154 valence electrons. The van der Waals surface area contributed by atoms with Crippen molar-refractivity contribution in [1.82, 2.24) is 9.47 Å². The number of hydrogen-bond acceptors (Lipinski definition) is 4. The Morgan fingerprint density at radius 2 is 1.79 bits per heavy atom. The van der Waals surface area contributed by atoms with Crippen LogP contribution in [-0.2, 0) is 29.9 Å². The Balaban J connectivity index is 1.64.